The molecule has 218 valence electrons. The van der Waals surface area contributed by atoms with Gasteiger partial charge in [-0.25, -0.2) is 30.9 Å². The standard InChI is InChI=1S/C29H26F3N5O4S/c1-18-5-2-3-8-23(18)26(27(38)35-21-15-29(31,32)16-21)36(22-7-4-6-20(30)14-22)28(39)24-10-12-42(40,41)37(24)25-13-19(17-33)9-11-34-25/h2-9,11,13-14,21,24,26H,10,12,15-16H2,1H3,(H,35,38)/t24-,26-/m0/s1. The summed E-state index contributed by atoms with van der Waals surface area (Å²) in [5.41, 5.74) is 1.01. The highest BCUT2D eigenvalue weighted by Gasteiger charge is 2.49. The molecule has 1 N–H and O–H groups in total. The molecule has 5 rings (SSSR count). The predicted molar refractivity (Wildman–Crippen MR) is 148 cm³/mol. The Morgan fingerprint density at radius 3 is 2.55 bits per heavy atom. The van der Waals surface area contributed by atoms with Gasteiger partial charge >= 0.3 is 0 Å². The molecule has 9 nitrogen and oxygen atoms in total. The third kappa shape index (κ3) is 5.67. The van der Waals surface area contributed by atoms with Crippen molar-refractivity contribution in [2.75, 3.05) is 15.0 Å². The maximum atomic E-state index is 14.6. The SMILES string of the molecule is Cc1ccccc1[C@@H](C(=O)NC1CC(F)(F)C1)N(C(=O)[C@@H]1CCS(=O)(=O)N1c1cc(C#N)ccn1)c1cccc(F)c1. The molecule has 42 heavy (non-hydrogen) atoms. The van der Waals surface area contributed by atoms with Gasteiger partial charge in [-0.05, 0) is 54.8 Å². The third-order valence-electron chi connectivity index (χ3n) is 7.37. The molecule has 0 radical (unpaired) electrons. The number of hydrogen-bond acceptors (Lipinski definition) is 6. The van der Waals surface area contributed by atoms with Gasteiger partial charge in [0.2, 0.25) is 15.9 Å². The molecule has 2 aromatic carbocycles. The van der Waals surface area contributed by atoms with E-state index in [0.29, 0.717) is 11.1 Å². The zero-order chi connectivity index (χ0) is 30.2. The van der Waals surface area contributed by atoms with Crippen molar-refractivity contribution in [2.24, 2.45) is 0 Å². The molecule has 2 atom stereocenters. The van der Waals surface area contributed by atoms with Crippen LogP contribution in [0.2, 0.25) is 0 Å². The van der Waals surface area contributed by atoms with Gasteiger partial charge in [-0.2, -0.15) is 5.26 Å². The largest absolute Gasteiger partial charge is 0.351 e. The fraction of sp³-hybridized carbons (Fsp3) is 0.310. The number of carbonyl (C=O) groups excluding carboxylic acids is 2. The Balaban J connectivity index is 1.63. The minimum atomic E-state index is -4.07. The Labute approximate surface area is 240 Å². The van der Waals surface area contributed by atoms with Gasteiger partial charge in [-0.15, -0.1) is 0 Å². The molecule has 1 aromatic heterocycles. The molecule has 0 unspecified atom stereocenters. The highest BCUT2D eigenvalue weighted by molar-refractivity contribution is 7.93. The van der Waals surface area contributed by atoms with E-state index in [1.54, 1.807) is 31.2 Å². The molecule has 13 heteroatoms. The average molecular weight is 598 g/mol. The summed E-state index contributed by atoms with van der Waals surface area (Å²) in [4.78, 5) is 33.5. The quantitative estimate of drug-likeness (QED) is 0.439. The van der Waals surface area contributed by atoms with Gasteiger partial charge in [0.1, 0.15) is 23.7 Å². The van der Waals surface area contributed by atoms with E-state index in [0.717, 1.165) is 21.3 Å². The van der Waals surface area contributed by atoms with Crippen molar-refractivity contribution in [1.82, 2.24) is 10.3 Å². The number of hydrogen-bond donors (Lipinski definition) is 1. The number of aromatic nitrogens is 1. The summed E-state index contributed by atoms with van der Waals surface area (Å²) in [7, 11) is -4.07. The number of nitrogens with zero attached hydrogens (tertiary/aromatic N) is 4. The fourth-order valence-corrected chi connectivity index (χ4v) is 7.02. The summed E-state index contributed by atoms with van der Waals surface area (Å²) in [6, 6.07) is 12.4. The van der Waals surface area contributed by atoms with Gasteiger partial charge in [0, 0.05) is 30.8 Å². The number of halogens is 3. The van der Waals surface area contributed by atoms with E-state index in [4.69, 9.17) is 0 Å². The summed E-state index contributed by atoms with van der Waals surface area (Å²) in [5.74, 6) is -5.84. The van der Waals surface area contributed by atoms with Crippen LogP contribution in [-0.2, 0) is 19.6 Å². The summed E-state index contributed by atoms with van der Waals surface area (Å²) < 4.78 is 69.0. The number of carbonyl (C=O) groups is 2. The zero-order valence-electron chi connectivity index (χ0n) is 22.4. The van der Waals surface area contributed by atoms with Gasteiger partial charge in [-0.3, -0.25) is 14.5 Å². The molecule has 1 aliphatic carbocycles. The molecule has 0 spiro atoms. The molecule has 2 fully saturated rings. The topological polar surface area (TPSA) is 123 Å². The number of pyridine rings is 1. The molecule has 1 saturated heterocycles. The number of nitriles is 1. The maximum absolute atomic E-state index is 14.6. The second kappa shape index (κ2) is 11.1. The van der Waals surface area contributed by atoms with E-state index in [-0.39, 0.29) is 23.5 Å². The van der Waals surface area contributed by atoms with Crippen LogP contribution in [0.25, 0.3) is 0 Å². The molecule has 3 aromatic rings. The van der Waals surface area contributed by atoms with Gasteiger partial charge in [0.05, 0.1) is 17.4 Å². The lowest BCUT2D eigenvalue weighted by Gasteiger charge is -2.39. The van der Waals surface area contributed by atoms with Gasteiger partial charge < -0.3 is 5.32 Å². The lowest BCUT2D eigenvalue weighted by molar-refractivity contribution is -0.133. The monoisotopic (exact) mass is 597 g/mol. The minimum Gasteiger partial charge on any atom is -0.351 e. The molecule has 2 heterocycles. The lowest BCUT2D eigenvalue weighted by Crippen LogP contribution is -2.56. The summed E-state index contributed by atoms with van der Waals surface area (Å²) in [6.45, 7) is 1.70. The first-order valence-electron chi connectivity index (χ1n) is 13.1. The Morgan fingerprint density at radius 1 is 1.14 bits per heavy atom. The number of anilines is 2. The summed E-state index contributed by atoms with van der Waals surface area (Å²) in [5, 5.41) is 11.9. The van der Waals surface area contributed by atoms with Gasteiger partial charge in [0.15, 0.2) is 0 Å². The number of rotatable bonds is 7. The number of aryl methyl sites for hydroxylation is 1. The highest BCUT2D eigenvalue weighted by atomic mass is 32.2. The molecule has 2 aliphatic rings. The van der Waals surface area contributed by atoms with Crippen molar-refractivity contribution >= 4 is 33.3 Å². The van der Waals surface area contributed by atoms with Crippen molar-refractivity contribution in [3.05, 3.63) is 89.4 Å². The molecule has 1 aliphatic heterocycles. The highest BCUT2D eigenvalue weighted by Crippen LogP contribution is 2.39. The summed E-state index contributed by atoms with van der Waals surface area (Å²) >= 11 is 0. The van der Waals surface area contributed by atoms with Crippen LogP contribution in [0.15, 0.2) is 66.9 Å². The number of sulfonamides is 1. The molecule has 1 saturated carbocycles. The van der Waals surface area contributed by atoms with Crippen LogP contribution in [-0.4, -0.2) is 49.0 Å². The van der Waals surface area contributed by atoms with Gasteiger partial charge in [0.25, 0.3) is 11.8 Å². The third-order valence-corrected chi connectivity index (χ3v) is 9.16. The number of alkyl halides is 2. The second-order valence-electron chi connectivity index (χ2n) is 10.3. The zero-order valence-corrected chi connectivity index (χ0v) is 23.2. The Morgan fingerprint density at radius 2 is 1.88 bits per heavy atom. The molecular formula is C29H26F3N5O4S. The van der Waals surface area contributed by atoms with Crippen LogP contribution in [0, 0.1) is 24.1 Å². The normalized spacial score (nSPS) is 19.8. The molecular weight excluding hydrogens is 571 g/mol. The van der Waals surface area contributed by atoms with Crippen LogP contribution in [0.1, 0.15) is 42.0 Å². The van der Waals surface area contributed by atoms with E-state index < -0.39 is 70.3 Å². The molecule has 0 bridgehead atoms. The van der Waals surface area contributed by atoms with Crippen molar-refractivity contribution in [1.29, 1.82) is 5.26 Å². The first-order chi connectivity index (χ1) is 19.9. The van der Waals surface area contributed by atoms with Crippen LogP contribution in [0.4, 0.5) is 24.7 Å². The number of nitrogens with one attached hydrogen (secondary N) is 1. The first kappa shape index (κ1) is 29.1. The number of amides is 2. The van der Waals surface area contributed by atoms with Crippen LogP contribution < -0.4 is 14.5 Å². The number of benzene rings is 2. The van der Waals surface area contributed by atoms with Crippen molar-refractivity contribution in [3.8, 4) is 6.07 Å². The molecule has 2 amide bonds. The van der Waals surface area contributed by atoms with Crippen molar-refractivity contribution in [3.63, 3.8) is 0 Å². The maximum Gasteiger partial charge on any atom is 0.252 e. The summed E-state index contributed by atoms with van der Waals surface area (Å²) in [6.07, 6.45) is -0.0701. The lowest BCUT2D eigenvalue weighted by atomic mass is 9.87. The van der Waals surface area contributed by atoms with Crippen molar-refractivity contribution < 1.29 is 31.2 Å². The second-order valence-corrected chi connectivity index (χ2v) is 12.3. The van der Waals surface area contributed by atoms with E-state index >= 15 is 0 Å². The smallest absolute Gasteiger partial charge is 0.252 e. The Kier molecular flexibility index (Phi) is 7.68. The minimum absolute atomic E-state index is 0.0367. The van der Waals surface area contributed by atoms with Crippen LogP contribution in [0.3, 0.4) is 0 Å². The Hall–Kier alpha value is -4.44. The van der Waals surface area contributed by atoms with Gasteiger partial charge in [-0.1, -0.05) is 30.3 Å². The van der Waals surface area contributed by atoms with E-state index in [1.165, 1.54) is 30.5 Å². The Bertz CT molecular complexity index is 1690. The van der Waals surface area contributed by atoms with E-state index in [2.05, 4.69) is 10.3 Å². The fourth-order valence-electron chi connectivity index (χ4n) is 5.33. The predicted octanol–water partition coefficient (Wildman–Crippen LogP) is 4.00. The van der Waals surface area contributed by atoms with Crippen LogP contribution >= 0.6 is 0 Å². The average Bonchev–Trinajstić information content (AvgIpc) is 3.25. The van der Waals surface area contributed by atoms with E-state index in [1.807, 2.05) is 6.07 Å². The van der Waals surface area contributed by atoms with Crippen molar-refractivity contribution in [2.45, 2.75) is 50.2 Å². The van der Waals surface area contributed by atoms with E-state index in [9.17, 15) is 36.4 Å². The van der Waals surface area contributed by atoms with Crippen LogP contribution in [0.5, 0.6) is 0 Å². The first-order valence-corrected chi connectivity index (χ1v) is 14.7.